The highest BCUT2D eigenvalue weighted by Gasteiger charge is 2.26. The van der Waals surface area contributed by atoms with Gasteiger partial charge in [0.15, 0.2) is 6.61 Å². The second kappa shape index (κ2) is 8.80. The second-order valence-corrected chi connectivity index (χ2v) is 7.68. The summed E-state index contributed by atoms with van der Waals surface area (Å²) in [5, 5.41) is 13.9. The van der Waals surface area contributed by atoms with Crippen molar-refractivity contribution in [3.63, 3.8) is 0 Å². The maximum absolute atomic E-state index is 13.2. The number of aliphatic hydroxyl groups is 1. The van der Waals surface area contributed by atoms with Crippen LogP contribution in [-0.2, 0) is 4.79 Å². The summed E-state index contributed by atoms with van der Waals surface area (Å²) < 4.78 is 5.80. The van der Waals surface area contributed by atoms with Crippen LogP contribution in [-0.4, -0.2) is 78.7 Å². The molecule has 2 aromatic rings. The summed E-state index contributed by atoms with van der Waals surface area (Å²) in [6, 6.07) is 11.8. The van der Waals surface area contributed by atoms with Crippen molar-refractivity contribution in [1.82, 2.24) is 15.1 Å². The molecule has 0 unspecified atom stereocenters. The molecule has 7 nitrogen and oxygen atoms in total. The summed E-state index contributed by atoms with van der Waals surface area (Å²) in [6.45, 7) is 3.33. The molecular weight excluding hydrogens is 370 g/mol. The first kappa shape index (κ1) is 19.7. The number of hydrogen-bond donors (Lipinski definition) is 2. The molecule has 2 fully saturated rings. The maximum Gasteiger partial charge on any atom is 0.258 e. The van der Waals surface area contributed by atoms with E-state index in [1.807, 2.05) is 41.3 Å². The lowest BCUT2D eigenvalue weighted by Crippen LogP contribution is -2.49. The largest absolute Gasteiger partial charge is 0.483 e. The minimum Gasteiger partial charge on any atom is -0.483 e. The normalized spacial score (nSPS) is 17.3. The van der Waals surface area contributed by atoms with Crippen LogP contribution in [0.3, 0.4) is 0 Å². The molecule has 7 heteroatoms. The molecular formula is C22H27N3O4. The molecule has 29 heavy (non-hydrogen) atoms. The van der Waals surface area contributed by atoms with E-state index in [0.717, 1.165) is 36.7 Å². The zero-order chi connectivity index (χ0) is 20.2. The average Bonchev–Trinajstić information content (AvgIpc) is 3.56. The maximum atomic E-state index is 13.2. The number of benzene rings is 2. The Balaban J connectivity index is 1.52. The third-order valence-electron chi connectivity index (χ3n) is 5.46. The van der Waals surface area contributed by atoms with E-state index in [-0.39, 0.29) is 31.1 Å². The van der Waals surface area contributed by atoms with Crippen LogP contribution in [0, 0.1) is 0 Å². The van der Waals surface area contributed by atoms with Gasteiger partial charge in [0.2, 0.25) is 0 Å². The molecule has 1 saturated heterocycles. The van der Waals surface area contributed by atoms with Crippen LogP contribution in [0.5, 0.6) is 5.75 Å². The van der Waals surface area contributed by atoms with Crippen LogP contribution in [0.25, 0.3) is 10.8 Å². The lowest BCUT2D eigenvalue weighted by Gasteiger charge is -2.34. The van der Waals surface area contributed by atoms with E-state index in [0.29, 0.717) is 30.9 Å². The van der Waals surface area contributed by atoms with Crippen LogP contribution < -0.4 is 10.1 Å². The molecule has 1 saturated carbocycles. The third kappa shape index (κ3) is 4.86. The van der Waals surface area contributed by atoms with Gasteiger partial charge in [-0.3, -0.25) is 14.5 Å². The number of β-amino-alcohol motifs (C(OH)–C–C–N with tert-alkyl or cyclic N) is 1. The summed E-state index contributed by atoms with van der Waals surface area (Å²) in [5.74, 6) is 0.200. The molecule has 0 spiro atoms. The lowest BCUT2D eigenvalue weighted by molar-refractivity contribution is -0.123. The quantitative estimate of drug-likeness (QED) is 0.735. The first-order valence-corrected chi connectivity index (χ1v) is 10.2. The first-order valence-electron chi connectivity index (χ1n) is 10.2. The summed E-state index contributed by atoms with van der Waals surface area (Å²) >= 11 is 0. The fourth-order valence-corrected chi connectivity index (χ4v) is 3.63. The van der Waals surface area contributed by atoms with Crippen molar-refractivity contribution in [2.24, 2.45) is 0 Å². The summed E-state index contributed by atoms with van der Waals surface area (Å²) in [5.41, 5.74) is 0.485. The van der Waals surface area contributed by atoms with Crippen LogP contribution in [0.2, 0.25) is 0 Å². The Morgan fingerprint density at radius 3 is 2.41 bits per heavy atom. The number of aliphatic hydroxyl groups excluding tert-OH is 1. The van der Waals surface area contributed by atoms with Gasteiger partial charge in [-0.2, -0.15) is 0 Å². The number of nitrogens with zero attached hydrogens (tertiary/aromatic N) is 2. The number of ether oxygens (including phenoxy) is 1. The number of nitrogens with one attached hydrogen (secondary N) is 1. The van der Waals surface area contributed by atoms with Gasteiger partial charge in [-0.05, 0) is 35.7 Å². The van der Waals surface area contributed by atoms with Crippen LogP contribution >= 0.6 is 0 Å². The standard InChI is InChI=1S/C22H27N3O4/c26-12-11-24-7-9-25(10-8-24)22(28)19-13-16-3-1-2-4-17(16)14-20(19)29-15-21(27)23-18-5-6-18/h1-4,13-14,18,26H,5-12,15H2,(H,23,27). The van der Waals surface area contributed by atoms with Gasteiger partial charge in [0.1, 0.15) is 5.75 Å². The van der Waals surface area contributed by atoms with E-state index in [4.69, 9.17) is 9.84 Å². The Morgan fingerprint density at radius 2 is 1.76 bits per heavy atom. The predicted octanol–water partition coefficient (Wildman–Crippen LogP) is 1.25. The van der Waals surface area contributed by atoms with Gasteiger partial charge in [0.25, 0.3) is 11.8 Å². The van der Waals surface area contributed by atoms with Gasteiger partial charge in [0.05, 0.1) is 12.2 Å². The zero-order valence-corrected chi connectivity index (χ0v) is 16.5. The van der Waals surface area contributed by atoms with Crippen molar-refractivity contribution >= 4 is 22.6 Å². The lowest BCUT2D eigenvalue weighted by atomic mass is 10.0. The highest BCUT2D eigenvalue weighted by molar-refractivity contribution is 6.01. The van der Waals surface area contributed by atoms with Crippen molar-refractivity contribution in [2.45, 2.75) is 18.9 Å². The Labute approximate surface area is 170 Å². The molecule has 2 aliphatic rings. The smallest absolute Gasteiger partial charge is 0.258 e. The van der Waals surface area contributed by atoms with E-state index < -0.39 is 0 Å². The number of hydrogen-bond acceptors (Lipinski definition) is 5. The minimum atomic E-state index is -0.156. The molecule has 1 aliphatic heterocycles. The van der Waals surface area contributed by atoms with E-state index >= 15 is 0 Å². The number of carbonyl (C=O) groups is 2. The molecule has 4 rings (SSSR count). The van der Waals surface area contributed by atoms with Gasteiger partial charge >= 0.3 is 0 Å². The van der Waals surface area contributed by atoms with E-state index in [1.165, 1.54) is 0 Å². The van der Waals surface area contributed by atoms with E-state index in [1.54, 1.807) is 0 Å². The molecule has 0 aromatic heterocycles. The average molecular weight is 397 g/mol. The number of piperazine rings is 1. The highest BCUT2D eigenvalue weighted by Crippen LogP contribution is 2.28. The van der Waals surface area contributed by atoms with Gasteiger partial charge in [-0.15, -0.1) is 0 Å². The van der Waals surface area contributed by atoms with Crippen molar-refractivity contribution < 1.29 is 19.4 Å². The molecule has 154 valence electrons. The van der Waals surface area contributed by atoms with Gasteiger partial charge in [-0.25, -0.2) is 0 Å². The van der Waals surface area contributed by atoms with Crippen molar-refractivity contribution in [3.8, 4) is 5.75 Å². The zero-order valence-electron chi connectivity index (χ0n) is 16.5. The molecule has 0 radical (unpaired) electrons. The van der Waals surface area contributed by atoms with Crippen molar-refractivity contribution in [2.75, 3.05) is 45.9 Å². The first-order chi connectivity index (χ1) is 14.1. The molecule has 1 aliphatic carbocycles. The summed E-state index contributed by atoms with van der Waals surface area (Å²) in [4.78, 5) is 29.2. The molecule has 1 heterocycles. The Bertz CT molecular complexity index is 889. The summed E-state index contributed by atoms with van der Waals surface area (Å²) in [6.07, 6.45) is 2.04. The van der Waals surface area contributed by atoms with Crippen LogP contribution in [0.1, 0.15) is 23.2 Å². The minimum absolute atomic E-state index is 0.0861. The van der Waals surface area contributed by atoms with E-state index in [2.05, 4.69) is 10.2 Å². The third-order valence-corrected chi connectivity index (χ3v) is 5.46. The number of rotatable bonds is 7. The topological polar surface area (TPSA) is 82.1 Å². The monoisotopic (exact) mass is 397 g/mol. The Morgan fingerprint density at radius 1 is 1.07 bits per heavy atom. The fraction of sp³-hybridized carbons (Fsp3) is 0.455. The highest BCUT2D eigenvalue weighted by atomic mass is 16.5. The van der Waals surface area contributed by atoms with Crippen LogP contribution in [0.4, 0.5) is 0 Å². The Kier molecular flexibility index (Phi) is 5.97. The number of fused-ring (bicyclic) bond motifs is 1. The summed E-state index contributed by atoms with van der Waals surface area (Å²) in [7, 11) is 0. The van der Waals surface area contributed by atoms with Gasteiger partial charge in [-0.1, -0.05) is 24.3 Å². The second-order valence-electron chi connectivity index (χ2n) is 7.68. The van der Waals surface area contributed by atoms with Gasteiger partial charge in [0, 0.05) is 38.8 Å². The van der Waals surface area contributed by atoms with Crippen LogP contribution in [0.15, 0.2) is 36.4 Å². The molecule has 2 N–H and O–H groups in total. The van der Waals surface area contributed by atoms with Crippen molar-refractivity contribution in [3.05, 3.63) is 42.0 Å². The predicted molar refractivity (Wildman–Crippen MR) is 110 cm³/mol. The molecule has 0 atom stereocenters. The SMILES string of the molecule is O=C(COc1cc2ccccc2cc1C(=O)N1CCN(CCO)CC1)NC1CC1. The molecule has 0 bridgehead atoms. The van der Waals surface area contributed by atoms with Crippen molar-refractivity contribution in [1.29, 1.82) is 0 Å². The number of carbonyl (C=O) groups excluding carboxylic acids is 2. The van der Waals surface area contributed by atoms with E-state index in [9.17, 15) is 9.59 Å². The molecule has 2 aromatic carbocycles. The number of amides is 2. The Hall–Kier alpha value is -2.64. The molecule has 2 amide bonds. The van der Waals surface area contributed by atoms with Gasteiger partial charge < -0.3 is 20.1 Å². The fourth-order valence-electron chi connectivity index (χ4n) is 3.63.